The molecule has 0 aliphatic carbocycles. The SMILES string of the molecule is COc1ccc(C(=O)Nc2nc(N3CCCCC3)n[nH]2)cc1S(=O)(=O)NC(C)C. The molecule has 1 aromatic carbocycles. The number of methoxy groups -OCH3 is 1. The van der Waals surface area contributed by atoms with Gasteiger partial charge in [0.2, 0.25) is 21.9 Å². The molecule has 1 fully saturated rings. The van der Waals surface area contributed by atoms with Crippen molar-refractivity contribution in [1.29, 1.82) is 0 Å². The number of ether oxygens (including phenoxy) is 1. The minimum Gasteiger partial charge on any atom is -0.495 e. The topological polar surface area (TPSA) is 129 Å². The Morgan fingerprint density at radius 1 is 1.24 bits per heavy atom. The summed E-state index contributed by atoms with van der Waals surface area (Å²) < 4.78 is 32.8. The van der Waals surface area contributed by atoms with Gasteiger partial charge in [0.15, 0.2) is 0 Å². The van der Waals surface area contributed by atoms with Gasteiger partial charge >= 0.3 is 0 Å². The minimum absolute atomic E-state index is 0.104. The minimum atomic E-state index is -3.84. The molecule has 1 amide bonds. The van der Waals surface area contributed by atoms with Crippen LogP contribution in [0.2, 0.25) is 0 Å². The van der Waals surface area contributed by atoms with Crippen molar-refractivity contribution in [2.24, 2.45) is 0 Å². The molecule has 0 radical (unpaired) electrons. The van der Waals surface area contributed by atoms with E-state index in [1.54, 1.807) is 13.8 Å². The van der Waals surface area contributed by atoms with Crippen LogP contribution in [-0.4, -0.2) is 55.7 Å². The highest BCUT2D eigenvalue weighted by molar-refractivity contribution is 7.89. The van der Waals surface area contributed by atoms with Crippen molar-refractivity contribution in [1.82, 2.24) is 19.9 Å². The highest BCUT2D eigenvalue weighted by Gasteiger charge is 2.23. The summed E-state index contributed by atoms with van der Waals surface area (Å²) in [7, 11) is -2.46. The maximum Gasteiger partial charge on any atom is 0.258 e. The number of aromatic nitrogens is 3. The number of hydrogen-bond acceptors (Lipinski definition) is 7. The number of sulfonamides is 1. The molecule has 158 valence electrons. The molecular formula is C18H26N6O4S. The first-order valence-electron chi connectivity index (χ1n) is 9.49. The van der Waals surface area contributed by atoms with E-state index in [4.69, 9.17) is 4.74 Å². The molecule has 0 saturated carbocycles. The maximum absolute atomic E-state index is 12.6. The smallest absolute Gasteiger partial charge is 0.258 e. The molecule has 0 unspecified atom stereocenters. The number of benzene rings is 1. The predicted octanol–water partition coefficient (Wildman–Crippen LogP) is 1.74. The highest BCUT2D eigenvalue weighted by Crippen LogP contribution is 2.25. The average Bonchev–Trinajstić information content (AvgIpc) is 3.15. The van der Waals surface area contributed by atoms with Gasteiger partial charge in [-0.3, -0.25) is 10.1 Å². The summed E-state index contributed by atoms with van der Waals surface area (Å²) in [6.45, 7) is 5.19. The predicted molar refractivity (Wildman–Crippen MR) is 109 cm³/mol. The fourth-order valence-corrected chi connectivity index (χ4v) is 4.57. The van der Waals surface area contributed by atoms with E-state index in [0.717, 1.165) is 25.9 Å². The standard InChI is InChI=1S/C18H26N6O4S/c1-12(2)23-29(26,27)15-11-13(7-8-14(15)28-3)16(25)19-17-20-18(22-21-17)24-9-5-4-6-10-24/h7-8,11-12,23H,4-6,9-10H2,1-3H3,(H2,19,20,21,22,25). The molecule has 1 aromatic heterocycles. The molecule has 0 atom stereocenters. The lowest BCUT2D eigenvalue weighted by molar-refractivity contribution is 0.102. The lowest BCUT2D eigenvalue weighted by atomic mass is 10.1. The second-order valence-corrected chi connectivity index (χ2v) is 8.81. The van der Waals surface area contributed by atoms with E-state index in [9.17, 15) is 13.2 Å². The third-order valence-electron chi connectivity index (χ3n) is 4.45. The van der Waals surface area contributed by atoms with Crippen molar-refractivity contribution in [2.45, 2.75) is 44.0 Å². The molecule has 1 saturated heterocycles. The van der Waals surface area contributed by atoms with Crippen molar-refractivity contribution in [3.8, 4) is 5.75 Å². The van der Waals surface area contributed by atoms with Crippen LogP contribution < -0.4 is 19.7 Å². The Morgan fingerprint density at radius 2 is 1.97 bits per heavy atom. The quantitative estimate of drug-likeness (QED) is 0.620. The maximum atomic E-state index is 12.6. The third-order valence-corrected chi connectivity index (χ3v) is 6.13. The van der Waals surface area contributed by atoms with Crippen LogP contribution in [0.25, 0.3) is 0 Å². The Balaban J connectivity index is 1.79. The fourth-order valence-electron chi connectivity index (χ4n) is 3.13. The van der Waals surface area contributed by atoms with Crippen LogP contribution in [0.15, 0.2) is 23.1 Å². The summed E-state index contributed by atoms with van der Waals surface area (Å²) >= 11 is 0. The summed E-state index contributed by atoms with van der Waals surface area (Å²) in [5.74, 6) is 0.395. The number of hydrogen-bond donors (Lipinski definition) is 3. The Bertz CT molecular complexity index is 966. The molecule has 1 aliphatic rings. The highest BCUT2D eigenvalue weighted by atomic mass is 32.2. The Labute approximate surface area is 170 Å². The molecule has 2 heterocycles. The van der Waals surface area contributed by atoms with Crippen molar-refractivity contribution >= 4 is 27.8 Å². The second-order valence-electron chi connectivity index (χ2n) is 7.13. The monoisotopic (exact) mass is 422 g/mol. The number of carbonyl (C=O) groups is 1. The van der Waals surface area contributed by atoms with Gasteiger partial charge < -0.3 is 9.64 Å². The normalized spacial score (nSPS) is 14.8. The van der Waals surface area contributed by atoms with Gasteiger partial charge in [-0.05, 0) is 51.3 Å². The van der Waals surface area contributed by atoms with Crippen LogP contribution in [0.4, 0.5) is 11.9 Å². The van der Waals surface area contributed by atoms with Gasteiger partial charge in [-0.15, -0.1) is 5.10 Å². The number of nitrogens with one attached hydrogen (secondary N) is 3. The van der Waals surface area contributed by atoms with E-state index in [0.29, 0.717) is 5.95 Å². The van der Waals surface area contributed by atoms with E-state index >= 15 is 0 Å². The zero-order valence-electron chi connectivity index (χ0n) is 16.7. The number of aromatic amines is 1. The van der Waals surface area contributed by atoms with Gasteiger partial charge in [0.05, 0.1) is 7.11 Å². The Kier molecular flexibility index (Phi) is 6.38. The fraction of sp³-hybridized carbons (Fsp3) is 0.500. The molecule has 11 heteroatoms. The van der Waals surface area contributed by atoms with Crippen LogP contribution in [0.5, 0.6) is 5.75 Å². The number of amides is 1. The van der Waals surface area contributed by atoms with E-state index in [2.05, 4.69) is 30.1 Å². The molecular weight excluding hydrogens is 396 g/mol. The number of rotatable bonds is 7. The first-order valence-corrected chi connectivity index (χ1v) is 11.0. The Hall–Kier alpha value is -2.66. The number of carbonyl (C=O) groups excluding carboxylic acids is 1. The van der Waals surface area contributed by atoms with Gasteiger partial charge in [-0.2, -0.15) is 4.98 Å². The first-order chi connectivity index (χ1) is 13.8. The number of piperidine rings is 1. The summed E-state index contributed by atoms with van der Waals surface area (Å²) in [5, 5.41) is 9.48. The number of H-pyrrole nitrogens is 1. The van der Waals surface area contributed by atoms with Crippen LogP contribution >= 0.6 is 0 Å². The summed E-state index contributed by atoms with van der Waals surface area (Å²) in [6, 6.07) is 3.92. The van der Waals surface area contributed by atoms with Crippen molar-refractivity contribution < 1.29 is 17.9 Å². The zero-order valence-corrected chi connectivity index (χ0v) is 17.5. The largest absolute Gasteiger partial charge is 0.495 e. The second kappa shape index (κ2) is 8.78. The van der Waals surface area contributed by atoms with Gasteiger partial charge in [0.1, 0.15) is 10.6 Å². The van der Waals surface area contributed by atoms with E-state index < -0.39 is 15.9 Å². The number of anilines is 2. The van der Waals surface area contributed by atoms with Crippen LogP contribution in [0.3, 0.4) is 0 Å². The Morgan fingerprint density at radius 3 is 2.62 bits per heavy atom. The lowest BCUT2D eigenvalue weighted by Gasteiger charge is -2.24. The molecule has 0 spiro atoms. The van der Waals surface area contributed by atoms with E-state index in [-0.39, 0.29) is 28.2 Å². The van der Waals surface area contributed by atoms with Crippen molar-refractivity contribution in [3.05, 3.63) is 23.8 Å². The zero-order chi connectivity index (χ0) is 21.0. The molecule has 0 bridgehead atoms. The molecule has 10 nitrogen and oxygen atoms in total. The summed E-state index contributed by atoms with van der Waals surface area (Å²) in [5.41, 5.74) is 0.158. The van der Waals surface area contributed by atoms with Crippen LogP contribution in [0.1, 0.15) is 43.5 Å². The molecule has 3 N–H and O–H groups in total. The van der Waals surface area contributed by atoms with Crippen LogP contribution in [0, 0.1) is 0 Å². The van der Waals surface area contributed by atoms with Crippen molar-refractivity contribution in [3.63, 3.8) is 0 Å². The molecule has 29 heavy (non-hydrogen) atoms. The number of nitrogens with zero attached hydrogens (tertiary/aromatic N) is 3. The molecule has 1 aliphatic heterocycles. The van der Waals surface area contributed by atoms with Gasteiger partial charge in [0, 0.05) is 24.7 Å². The van der Waals surface area contributed by atoms with E-state index in [1.165, 1.54) is 31.7 Å². The molecule has 2 aromatic rings. The average molecular weight is 423 g/mol. The molecule has 3 rings (SSSR count). The van der Waals surface area contributed by atoms with Gasteiger partial charge in [0.25, 0.3) is 5.91 Å². The summed E-state index contributed by atoms with van der Waals surface area (Å²) in [6.07, 6.45) is 3.37. The lowest BCUT2D eigenvalue weighted by Crippen LogP contribution is -2.30. The summed E-state index contributed by atoms with van der Waals surface area (Å²) in [4.78, 5) is 18.9. The van der Waals surface area contributed by atoms with Crippen molar-refractivity contribution in [2.75, 3.05) is 30.4 Å². The third kappa shape index (κ3) is 5.04. The first kappa shape index (κ1) is 21.1. The van der Waals surface area contributed by atoms with Crippen LogP contribution in [-0.2, 0) is 10.0 Å². The van der Waals surface area contributed by atoms with Gasteiger partial charge in [-0.1, -0.05) is 0 Å². The van der Waals surface area contributed by atoms with Gasteiger partial charge in [-0.25, -0.2) is 18.2 Å². The van der Waals surface area contributed by atoms with E-state index in [1.807, 2.05) is 0 Å².